The molecule has 4 saturated carbocycles. The Labute approximate surface area is 352 Å². The standard InChI is InChI=1S/C32H55N8.Ni.4HO3S/c1-2-10-18-17(9-1)25-33-26(18)38-28-21-13-5-6-14-22(21)30(35-28)40-32-24-16-8-7-15-23(24)31(36-32)39-29-20-12-4-3-11-19(20)27(34-29)37-25;;4*1-4(2)3/h9,17-40H,1-8,10-16H2;;4*(H,1,2,3)/q-1;;4*-1. The van der Waals surface area contributed by atoms with Crippen molar-refractivity contribution in [2.75, 3.05) is 0 Å². The van der Waals surface area contributed by atoms with Gasteiger partial charge in [-0.2, -0.15) is 6.42 Å². The molecule has 0 aromatic carbocycles. The van der Waals surface area contributed by atoms with Gasteiger partial charge in [0, 0.05) is 66.6 Å². The number of rotatable bonds is 0. The molecule has 0 amide bonds. The Kier molecular flexibility index (Phi) is 20.7. The minimum atomic E-state index is -2.86. The van der Waals surface area contributed by atoms with Crippen molar-refractivity contribution in [1.29, 1.82) is 0 Å². The summed E-state index contributed by atoms with van der Waals surface area (Å²) >= 11 is 0. The van der Waals surface area contributed by atoms with Crippen molar-refractivity contribution in [1.82, 2.24) is 42.5 Å². The van der Waals surface area contributed by atoms with Crippen LogP contribution in [0, 0.1) is 53.8 Å². The summed E-state index contributed by atoms with van der Waals surface area (Å²) in [5.74, 6) is 5.74. The van der Waals surface area contributed by atoms with E-state index in [1.807, 2.05) is 0 Å². The van der Waals surface area contributed by atoms with E-state index in [0.717, 1.165) is 35.5 Å². The molecule has 0 radical (unpaired) electrons. The third-order valence-corrected chi connectivity index (χ3v) is 13.6. The van der Waals surface area contributed by atoms with Crippen LogP contribution < -0.4 is 42.5 Å². The summed E-state index contributed by atoms with van der Waals surface area (Å²) in [5.41, 5.74) is 0. The molecule has 57 heavy (non-hydrogen) atoms. The fourth-order valence-corrected chi connectivity index (χ4v) is 11.7. The predicted molar refractivity (Wildman–Crippen MR) is 202 cm³/mol. The van der Waals surface area contributed by atoms with E-state index in [4.69, 9.17) is 51.9 Å². The summed E-state index contributed by atoms with van der Waals surface area (Å²) in [7, 11) is -11.4. The first-order valence-corrected chi connectivity index (χ1v) is 23.9. The van der Waals surface area contributed by atoms with E-state index in [1.54, 1.807) is 0 Å². The van der Waals surface area contributed by atoms with E-state index in [0.29, 0.717) is 61.2 Å². The molecule has 20 nitrogen and oxygen atoms in total. The van der Waals surface area contributed by atoms with Crippen molar-refractivity contribution in [2.24, 2.45) is 47.3 Å². The van der Waals surface area contributed by atoms with E-state index in [9.17, 15) is 0 Å². The number of fused-ring (bicyclic) bond motifs is 20. The zero-order valence-corrected chi connectivity index (χ0v) is 35.7. The average Bonchev–Trinajstić information content (AvgIpc) is 3.87. The van der Waals surface area contributed by atoms with Crippen molar-refractivity contribution in [3.8, 4) is 0 Å². The summed E-state index contributed by atoms with van der Waals surface area (Å²) in [6.07, 6.45) is 26.4. The molecular formula is C32H59N8NiO12S4-5. The van der Waals surface area contributed by atoms with Crippen LogP contribution in [0.3, 0.4) is 0 Å². The molecule has 25 heteroatoms. The summed E-state index contributed by atoms with van der Waals surface area (Å²) < 4.78 is 96.3. The SMILES string of the molecule is O=[S-](=O)O.O=[S-](=O)O.O=[S-](=O)O.O=[S-](=O)O.[CH-]1CCCC2C3NC(NC4NC(NC5NC(NC6NC(N3)C3CCCCC63)C3CCCCC53)C3CCCCC43)C12.[Ni]. The van der Waals surface area contributed by atoms with Gasteiger partial charge in [-0.25, -0.2) is 0 Å². The van der Waals surface area contributed by atoms with Gasteiger partial charge in [-0.05, 0) is 80.0 Å². The molecule has 12 N–H and O–H groups in total. The topological polar surface area (TPSA) is 314 Å². The van der Waals surface area contributed by atoms with Crippen LogP contribution in [0.15, 0.2) is 0 Å². The fourth-order valence-electron chi connectivity index (χ4n) is 11.7. The van der Waals surface area contributed by atoms with E-state index < -0.39 is 43.9 Å². The first-order valence-electron chi connectivity index (χ1n) is 19.8. The van der Waals surface area contributed by atoms with Crippen LogP contribution in [0.4, 0.5) is 0 Å². The van der Waals surface area contributed by atoms with E-state index in [2.05, 4.69) is 49.0 Å². The summed E-state index contributed by atoms with van der Waals surface area (Å²) in [6.45, 7) is 0. The van der Waals surface area contributed by atoms with Crippen LogP contribution in [0.25, 0.3) is 0 Å². The maximum atomic E-state index is 8.56. The first-order chi connectivity index (χ1) is 26.7. The average molecular weight is 935 g/mol. The molecule has 9 rings (SSSR count). The van der Waals surface area contributed by atoms with Crippen molar-refractivity contribution >= 4 is 43.9 Å². The largest absolute Gasteiger partial charge is 0.439 e. The van der Waals surface area contributed by atoms with Gasteiger partial charge in [0.15, 0.2) is 0 Å². The Morgan fingerprint density at radius 1 is 0.333 bits per heavy atom. The second-order valence-corrected chi connectivity index (χ2v) is 18.0. The molecule has 9 fully saturated rings. The maximum Gasteiger partial charge on any atom is 0.0628 e. The monoisotopic (exact) mass is 933 g/mol. The molecule has 0 spiro atoms. The molecule has 0 aromatic heterocycles. The normalized spacial score (nSPS) is 42.8. The molecule has 9 aliphatic rings. The Morgan fingerprint density at radius 2 is 0.526 bits per heavy atom. The van der Waals surface area contributed by atoms with Crippen LogP contribution in [0.2, 0.25) is 0 Å². The molecule has 16 unspecified atom stereocenters. The summed E-state index contributed by atoms with van der Waals surface area (Å²) in [6, 6.07) is 0. The van der Waals surface area contributed by atoms with Gasteiger partial charge < -0.3 is 58.3 Å². The minimum absolute atomic E-state index is 0. The van der Waals surface area contributed by atoms with Crippen molar-refractivity contribution in [2.45, 2.75) is 146 Å². The molecule has 5 heterocycles. The van der Waals surface area contributed by atoms with Gasteiger partial charge in [0.05, 0.1) is 43.2 Å². The molecular weight excluding hydrogens is 875 g/mol. The van der Waals surface area contributed by atoms with Crippen LogP contribution >= 0.6 is 0 Å². The van der Waals surface area contributed by atoms with E-state index in [1.165, 1.54) is 96.3 Å². The summed E-state index contributed by atoms with van der Waals surface area (Å²) in [4.78, 5) is 0. The van der Waals surface area contributed by atoms with Crippen LogP contribution in [0.5, 0.6) is 0 Å². The number of nitrogens with one attached hydrogen (secondary N) is 8. The number of hydrogen-bond acceptors (Lipinski definition) is 20. The van der Waals surface area contributed by atoms with Gasteiger partial charge in [-0.1, -0.05) is 51.4 Å². The molecule has 4 aliphatic carbocycles. The zero-order chi connectivity index (χ0) is 40.5. The zero-order valence-electron chi connectivity index (χ0n) is 31.4. The third-order valence-electron chi connectivity index (χ3n) is 13.6. The third kappa shape index (κ3) is 13.9. The van der Waals surface area contributed by atoms with Gasteiger partial charge in [0.25, 0.3) is 0 Å². The van der Waals surface area contributed by atoms with Crippen LogP contribution in [-0.4, -0.2) is 67.5 Å². The molecule has 5 saturated heterocycles. The summed E-state index contributed by atoms with van der Waals surface area (Å²) in [5, 5.41) is 33.7. The molecule has 8 bridgehead atoms. The Morgan fingerprint density at radius 3 is 0.772 bits per heavy atom. The van der Waals surface area contributed by atoms with Crippen molar-refractivity contribution in [3.63, 3.8) is 0 Å². The van der Waals surface area contributed by atoms with Crippen molar-refractivity contribution in [3.05, 3.63) is 6.42 Å². The Bertz CT molecular complexity index is 1260. The van der Waals surface area contributed by atoms with E-state index in [-0.39, 0.29) is 16.5 Å². The predicted octanol–water partition coefficient (Wildman–Crippen LogP) is 1.49. The van der Waals surface area contributed by atoms with Gasteiger partial charge in [0.1, 0.15) is 0 Å². The quantitative estimate of drug-likeness (QED) is 0.0538. The molecule has 5 aliphatic heterocycles. The first kappa shape index (κ1) is 49.5. The van der Waals surface area contributed by atoms with Gasteiger partial charge in [-0.15, -0.1) is 5.92 Å². The second-order valence-electron chi connectivity index (χ2n) is 16.3. The van der Waals surface area contributed by atoms with Gasteiger partial charge in [0.2, 0.25) is 0 Å². The fraction of sp³-hybridized carbons (Fsp3) is 0.969. The maximum absolute atomic E-state index is 8.56. The van der Waals surface area contributed by atoms with Crippen LogP contribution in [0.1, 0.15) is 96.3 Å². The Balaban J connectivity index is 0.000000366. The van der Waals surface area contributed by atoms with Crippen molar-refractivity contribution < 1.29 is 68.4 Å². The van der Waals surface area contributed by atoms with Gasteiger partial charge >= 0.3 is 0 Å². The van der Waals surface area contributed by atoms with Gasteiger partial charge in [-0.3, -0.25) is 42.5 Å². The minimum Gasteiger partial charge on any atom is -0.439 e. The Hall–Kier alpha value is -0.186. The number of hydrogen-bond donors (Lipinski definition) is 12. The molecule has 16 atom stereocenters. The van der Waals surface area contributed by atoms with Crippen LogP contribution in [-0.2, 0) is 94.1 Å². The van der Waals surface area contributed by atoms with E-state index >= 15 is 0 Å². The molecule has 0 aromatic rings. The second kappa shape index (κ2) is 23.9. The molecule has 338 valence electrons. The smallest absolute Gasteiger partial charge is 0.0628 e.